The van der Waals surface area contributed by atoms with Gasteiger partial charge in [0.15, 0.2) is 5.75 Å². The molecular weight excluding hydrogens is 341 g/mol. The Morgan fingerprint density at radius 2 is 1.87 bits per heavy atom. The zero-order valence-corrected chi connectivity index (χ0v) is 13.4. The molecule has 0 fully saturated rings. The van der Waals surface area contributed by atoms with Crippen LogP contribution in [0.2, 0.25) is 10.0 Å². The lowest BCUT2D eigenvalue weighted by atomic mass is 10.1. The number of phenolic OH excluding ortho intramolecular Hbond substituents is 2. The predicted molar refractivity (Wildman–Crippen MR) is 88.0 cm³/mol. The number of fused-ring (bicyclic) bond motifs is 1. The van der Waals surface area contributed by atoms with E-state index in [2.05, 4.69) is 4.74 Å². The number of phenols is 2. The highest BCUT2D eigenvalue weighted by molar-refractivity contribution is 6.36. The zero-order valence-electron chi connectivity index (χ0n) is 11.9. The van der Waals surface area contributed by atoms with Gasteiger partial charge in [0, 0.05) is 16.6 Å². The molecule has 0 spiro atoms. The van der Waals surface area contributed by atoms with Gasteiger partial charge in [-0.05, 0) is 30.3 Å². The summed E-state index contributed by atoms with van der Waals surface area (Å²) in [6.07, 6.45) is 1.63. The van der Waals surface area contributed by atoms with E-state index in [4.69, 9.17) is 23.2 Å². The topological polar surface area (TPSA) is 71.7 Å². The molecule has 2 aromatic carbocycles. The Labute approximate surface area is 141 Å². The third-order valence-corrected chi connectivity index (χ3v) is 4.02. The standard InChI is InChI=1S/C16H11Cl2NO4/c1-23-16(22)10-2-3-12-9(14(10)20)4-5-19(12)13-7-8(17)6-11(18)15(13)21/h2-7,20-21H,1H3. The van der Waals surface area contributed by atoms with Gasteiger partial charge in [0.25, 0.3) is 0 Å². The Morgan fingerprint density at radius 1 is 1.13 bits per heavy atom. The number of carbonyl (C=O) groups excluding carboxylic acids is 1. The van der Waals surface area contributed by atoms with Crippen molar-refractivity contribution < 1.29 is 19.7 Å². The lowest BCUT2D eigenvalue weighted by Crippen LogP contribution is -2.01. The normalized spacial score (nSPS) is 10.9. The molecule has 23 heavy (non-hydrogen) atoms. The molecule has 0 atom stereocenters. The Kier molecular flexibility index (Phi) is 3.83. The average Bonchev–Trinajstić information content (AvgIpc) is 2.95. The van der Waals surface area contributed by atoms with Crippen molar-refractivity contribution >= 4 is 40.1 Å². The molecule has 0 radical (unpaired) electrons. The minimum Gasteiger partial charge on any atom is -0.506 e. The maximum absolute atomic E-state index is 11.6. The van der Waals surface area contributed by atoms with E-state index in [0.29, 0.717) is 21.6 Å². The first-order chi connectivity index (χ1) is 10.9. The van der Waals surface area contributed by atoms with Crippen LogP contribution in [0.3, 0.4) is 0 Å². The smallest absolute Gasteiger partial charge is 0.341 e. The number of esters is 1. The van der Waals surface area contributed by atoms with Crippen LogP contribution in [-0.4, -0.2) is 27.9 Å². The van der Waals surface area contributed by atoms with Crippen LogP contribution >= 0.6 is 23.2 Å². The van der Waals surface area contributed by atoms with Gasteiger partial charge in [-0.1, -0.05) is 23.2 Å². The predicted octanol–water partition coefficient (Wildman–Crippen LogP) is 4.14. The Bertz CT molecular complexity index is 933. The molecule has 0 bridgehead atoms. The van der Waals surface area contributed by atoms with E-state index in [9.17, 15) is 15.0 Å². The molecular formula is C16H11Cl2NO4. The highest BCUT2D eigenvalue weighted by atomic mass is 35.5. The third-order valence-electron chi connectivity index (χ3n) is 3.52. The van der Waals surface area contributed by atoms with E-state index < -0.39 is 5.97 Å². The summed E-state index contributed by atoms with van der Waals surface area (Å²) in [7, 11) is 1.24. The summed E-state index contributed by atoms with van der Waals surface area (Å²) in [5.74, 6) is -0.961. The van der Waals surface area contributed by atoms with Crippen molar-refractivity contribution in [2.24, 2.45) is 0 Å². The van der Waals surface area contributed by atoms with Gasteiger partial charge in [0.05, 0.1) is 23.3 Å². The fraction of sp³-hybridized carbons (Fsp3) is 0.0625. The number of aromatic nitrogens is 1. The lowest BCUT2D eigenvalue weighted by Gasteiger charge is -2.11. The van der Waals surface area contributed by atoms with E-state index in [1.807, 2.05) is 0 Å². The van der Waals surface area contributed by atoms with Gasteiger partial charge in [-0.2, -0.15) is 0 Å². The van der Waals surface area contributed by atoms with Crippen LogP contribution in [0.25, 0.3) is 16.6 Å². The molecule has 0 saturated carbocycles. The monoisotopic (exact) mass is 351 g/mol. The van der Waals surface area contributed by atoms with Crippen LogP contribution in [0.4, 0.5) is 0 Å². The SMILES string of the molecule is COC(=O)c1ccc2c(ccn2-c2cc(Cl)cc(Cl)c2O)c1O. The molecule has 3 aromatic rings. The first-order valence-corrected chi connectivity index (χ1v) is 7.29. The molecule has 0 aliphatic carbocycles. The second kappa shape index (κ2) is 5.68. The first kappa shape index (κ1) is 15.5. The molecule has 0 amide bonds. The van der Waals surface area contributed by atoms with Crippen LogP contribution in [-0.2, 0) is 4.74 Å². The molecule has 2 N–H and O–H groups in total. The summed E-state index contributed by atoms with van der Waals surface area (Å²) in [6.45, 7) is 0. The number of hydrogen-bond acceptors (Lipinski definition) is 4. The number of carbonyl (C=O) groups is 1. The number of nitrogens with zero attached hydrogens (tertiary/aromatic N) is 1. The Balaban J connectivity index is 2.26. The van der Waals surface area contributed by atoms with Gasteiger partial charge < -0.3 is 19.5 Å². The number of ether oxygens (including phenoxy) is 1. The lowest BCUT2D eigenvalue weighted by molar-refractivity contribution is 0.0598. The van der Waals surface area contributed by atoms with E-state index in [1.165, 1.54) is 19.2 Å². The number of halogens is 2. The third kappa shape index (κ3) is 2.48. The van der Waals surface area contributed by atoms with E-state index in [1.54, 1.807) is 29.0 Å². The second-order valence-corrected chi connectivity index (χ2v) is 5.67. The van der Waals surface area contributed by atoms with Gasteiger partial charge >= 0.3 is 5.97 Å². The molecule has 0 unspecified atom stereocenters. The van der Waals surface area contributed by atoms with Crippen molar-refractivity contribution in [2.45, 2.75) is 0 Å². The molecule has 0 saturated heterocycles. The number of methoxy groups -OCH3 is 1. The van der Waals surface area contributed by atoms with E-state index in [0.717, 1.165) is 0 Å². The van der Waals surface area contributed by atoms with Gasteiger partial charge in [0.1, 0.15) is 11.3 Å². The summed E-state index contributed by atoms with van der Waals surface area (Å²) in [5.41, 5.74) is 0.998. The molecule has 1 aromatic heterocycles. The average molecular weight is 352 g/mol. The van der Waals surface area contributed by atoms with Crippen LogP contribution in [0.5, 0.6) is 11.5 Å². The number of hydrogen-bond donors (Lipinski definition) is 2. The maximum atomic E-state index is 11.6. The van der Waals surface area contributed by atoms with Crippen molar-refractivity contribution in [3.8, 4) is 17.2 Å². The molecule has 118 valence electrons. The summed E-state index contributed by atoms with van der Waals surface area (Å²) < 4.78 is 6.24. The Hall–Kier alpha value is -2.37. The summed E-state index contributed by atoms with van der Waals surface area (Å²) in [5, 5.41) is 21.3. The van der Waals surface area contributed by atoms with Gasteiger partial charge in [-0.25, -0.2) is 4.79 Å². The Morgan fingerprint density at radius 3 is 2.57 bits per heavy atom. The maximum Gasteiger partial charge on any atom is 0.341 e. The first-order valence-electron chi connectivity index (χ1n) is 6.53. The van der Waals surface area contributed by atoms with Crippen molar-refractivity contribution in [3.63, 3.8) is 0 Å². The van der Waals surface area contributed by atoms with Crippen LogP contribution < -0.4 is 0 Å². The highest BCUT2D eigenvalue weighted by Gasteiger charge is 2.18. The summed E-state index contributed by atoms with van der Waals surface area (Å²) >= 11 is 11.9. The van der Waals surface area contributed by atoms with Crippen molar-refractivity contribution in [1.82, 2.24) is 4.57 Å². The number of aromatic hydroxyl groups is 2. The number of rotatable bonds is 2. The van der Waals surface area contributed by atoms with Crippen LogP contribution in [0, 0.1) is 0 Å². The fourth-order valence-electron chi connectivity index (χ4n) is 2.42. The van der Waals surface area contributed by atoms with E-state index >= 15 is 0 Å². The minimum atomic E-state index is -0.634. The summed E-state index contributed by atoms with van der Waals surface area (Å²) in [4.78, 5) is 11.6. The fourth-order valence-corrected chi connectivity index (χ4v) is 2.90. The summed E-state index contributed by atoms with van der Waals surface area (Å²) in [6, 6.07) is 7.68. The molecule has 0 aliphatic heterocycles. The van der Waals surface area contributed by atoms with Crippen LogP contribution in [0.15, 0.2) is 36.5 Å². The molecule has 0 aliphatic rings. The molecule has 3 rings (SSSR count). The molecule has 5 nitrogen and oxygen atoms in total. The van der Waals surface area contributed by atoms with Crippen LogP contribution in [0.1, 0.15) is 10.4 Å². The quantitative estimate of drug-likeness (QED) is 0.680. The molecule has 1 heterocycles. The van der Waals surface area contributed by atoms with Gasteiger partial charge in [0.2, 0.25) is 0 Å². The van der Waals surface area contributed by atoms with E-state index in [-0.39, 0.29) is 22.1 Å². The van der Waals surface area contributed by atoms with Crippen molar-refractivity contribution in [1.29, 1.82) is 0 Å². The van der Waals surface area contributed by atoms with Gasteiger partial charge in [-0.3, -0.25) is 0 Å². The highest BCUT2D eigenvalue weighted by Crippen LogP contribution is 2.37. The van der Waals surface area contributed by atoms with Crippen molar-refractivity contribution in [3.05, 3.63) is 52.1 Å². The molecule has 7 heteroatoms. The second-order valence-electron chi connectivity index (χ2n) is 4.83. The number of benzene rings is 2. The van der Waals surface area contributed by atoms with Crippen molar-refractivity contribution in [2.75, 3.05) is 7.11 Å². The zero-order chi connectivity index (χ0) is 16.7. The van der Waals surface area contributed by atoms with Gasteiger partial charge in [-0.15, -0.1) is 0 Å². The largest absolute Gasteiger partial charge is 0.506 e. The minimum absolute atomic E-state index is 0.0612.